The summed E-state index contributed by atoms with van der Waals surface area (Å²) >= 11 is 0. The zero-order valence-corrected chi connectivity index (χ0v) is 13.5. The molecule has 4 aliphatic rings. The number of ketones is 2. The highest BCUT2D eigenvalue weighted by molar-refractivity contribution is 5.90. The molecule has 0 saturated heterocycles. The van der Waals surface area contributed by atoms with Gasteiger partial charge in [0, 0.05) is 24.2 Å². The molecule has 0 spiro atoms. The van der Waals surface area contributed by atoms with Crippen molar-refractivity contribution in [3.8, 4) is 0 Å². The van der Waals surface area contributed by atoms with E-state index in [1.165, 1.54) is 0 Å². The van der Waals surface area contributed by atoms with Crippen LogP contribution in [0.3, 0.4) is 0 Å². The standard InChI is InChI=1S/C19H26O3/c1-18-7-5-12(20)9-11(18)10-15(21)17-13-3-4-16(22)19(13,2)8-6-14(17)18/h5,7,11-14,17,20H,3-4,6,8-10H2,1-2H3/t11?,12?,13-,14+,17-,18-,19-/m0/s1. The molecule has 0 amide bonds. The second kappa shape index (κ2) is 4.53. The van der Waals surface area contributed by atoms with Gasteiger partial charge in [0.05, 0.1) is 6.10 Å². The molecule has 2 unspecified atom stereocenters. The van der Waals surface area contributed by atoms with Gasteiger partial charge in [-0.05, 0) is 48.9 Å². The Morgan fingerprint density at radius 1 is 1.18 bits per heavy atom. The zero-order chi connectivity index (χ0) is 15.7. The third kappa shape index (κ3) is 1.72. The first kappa shape index (κ1) is 14.6. The molecule has 0 radical (unpaired) electrons. The Bertz CT molecular complexity index is 565. The number of hydrogen-bond acceptors (Lipinski definition) is 3. The average molecular weight is 302 g/mol. The van der Waals surface area contributed by atoms with Crippen LogP contribution in [-0.2, 0) is 9.59 Å². The van der Waals surface area contributed by atoms with Crippen LogP contribution in [0.25, 0.3) is 0 Å². The molecule has 120 valence electrons. The Hall–Kier alpha value is -0.960. The summed E-state index contributed by atoms with van der Waals surface area (Å²) in [6.45, 7) is 4.38. The lowest BCUT2D eigenvalue weighted by Gasteiger charge is -2.57. The lowest BCUT2D eigenvalue weighted by Crippen LogP contribution is -2.56. The molecular weight excluding hydrogens is 276 g/mol. The minimum atomic E-state index is -0.399. The van der Waals surface area contributed by atoms with Gasteiger partial charge in [-0.25, -0.2) is 0 Å². The zero-order valence-electron chi connectivity index (χ0n) is 13.5. The molecule has 3 saturated carbocycles. The molecule has 0 heterocycles. The molecule has 4 aliphatic carbocycles. The van der Waals surface area contributed by atoms with Crippen LogP contribution in [-0.4, -0.2) is 22.8 Å². The van der Waals surface area contributed by atoms with E-state index < -0.39 is 6.10 Å². The van der Waals surface area contributed by atoms with Crippen molar-refractivity contribution in [1.82, 2.24) is 0 Å². The van der Waals surface area contributed by atoms with E-state index in [0.717, 1.165) is 19.3 Å². The SMILES string of the molecule is C[C@]12C=CC(O)CC1CC(=O)[C@@H]1[C@H]2CC[C@]2(C)C(=O)CC[C@@H]12. The topological polar surface area (TPSA) is 54.4 Å². The number of carbonyl (C=O) groups is 2. The number of rotatable bonds is 0. The normalized spacial score (nSPS) is 53.9. The predicted octanol–water partition coefficient (Wildman–Crippen LogP) is 2.91. The summed E-state index contributed by atoms with van der Waals surface area (Å²) in [5.74, 6) is 1.68. The minimum Gasteiger partial charge on any atom is -0.389 e. The first-order chi connectivity index (χ1) is 10.4. The first-order valence-corrected chi connectivity index (χ1v) is 8.80. The van der Waals surface area contributed by atoms with Crippen LogP contribution in [0.2, 0.25) is 0 Å². The van der Waals surface area contributed by atoms with Gasteiger partial charge in [-0.15, -0.1) is 0 Å². The van der Waals surface area contributed by atoms with Crippen molar-refractivity contribution in [3.05, 3.63) is 12.2 Å². The monoisotopic (exact) mass is 302 g/mol. The summed E-state index contributed by atoms with van der Waals surface area (Å²) in [5, 5.41) is 9.93. The lowest BCUT2D eigenvalue weighted by atomic mass is 9.46. The Kier molecular flexibility index (Phi) is 3.01. The maximum atomic E-state index is 12.9. The van der Waals surface area contributed by atoms with Crippen molar-refractivity contribution < 1.29 is 14.7 Å². The molecule has 3 fully saturated rings. The second-order valence-corrected chi connectivity index (χ2v) is 8.55. The van der Waals surface area contributed by atoms with E-state index in [2.05, 4.69) is 19.9 Å². The molecule has 22 heavy (non-hydrogen) atoms. The lowest BCUT2D eigenvalue weighted by molar-refractivity contribution is -0.150. The third-order valence-electron chi connectivity index (χ3n) is 7.68. The van der Waals surface area contributed by atoms with Gasteiger partial charge in [0.2, 0.25) is 0 Å². The Morgan fingerprint density at radius 2 is 1.95 bits per heavy atom. The van der Waals surface area contributed by atoms with Gasteiger partial charge in [0.1, 0.15) is 11.6 Å². The van der Waals surface area contributed by atoms with Crippen molar-refractivity contribution >= 4 is 11.6 Å². The molecule has 0 aromatic heterocycles. The van der Waals surface area contributed by atoms with Crippen molar-refractivity contribution in [3.63, 3.8) is 0 Å². The summed E-state index contributed by atoms with van der Waals surface area (Å²) in [6.07, 6.45) is 8.48. The van der Waals surface area contributed by atoms with Crippen LogP contribution in [0.4, 0.5) is 0 Å². The van der Waals surface area contributed by atoms with Gasteiger partial charge in [0.25, 0.3) is 0 Å². The summed E-state index contributed by atoms with van der Waals surface area (Å²) < 4.78 is 0. The smallest absolute Gasteiger partial charge is 0.139 e. The number of Topliss-reactive ketones (excluding diaryl/α,β-unsaturated/α-hetero) is 2. The van der Waals surface area contributed by atoms with Gasteiger partial charge in [-0.1, -0.05) is 26.0 Å². The van der Waals surface area contributed by atoms with Gasteiger partial charge < -0.3 is 5.11 Å². The van der Waals surface area contributed by atoms with E-state index in [1.54, 1.807) is 0 Å². The fourth-order valence-electron chi connectivity index (χ4n) is 6.25. The molecule has 0 aromatic carbocycles. The molecule has 0 bridgehead atoms. The summed E-state index contributed by atoms with van der Waals surface area (Å²) in [4.78, 5) is 25.3. The highest BCUT2D eigenvalue weighted by Gasteiger charge is 2.62. The van der Waals surface area contributed by atoms with Crippen molar-refractivity contribution in [2.75, 3.05) is 0 Å². The first-order valence-electron chi connectivity index (χ1n) is 8.80. The summed E-state index contributed by atoms with van der Waals surface area (Å²) in [5.41, 5.74) is -0.233. The molecule has 0 aliphatic heterocycles. The van der Waals surface area contributed by atoms with E-state index in [9.17, 15) is 14.7 Å². The fraction of sp³-hybridized carbons (Fsp3) is 0.789. The van der Waals surface area contributed by atoms with Crippen molar-refractivity contribution in [2.45, 2.75) is 58.5 Å². The average Bonchev–Trinajstić information content (AvgIpc) is 2.77. The van der Waals surface area contributed by atoms with E-state index in [0.29, 0.717) is 36.7 Å². The van der Waals surface area contributed by atoms with E-state index in [4.69, 9.17) is 0 Å². The molecule has 0 aromatic rings. The number of allylic oxidation sites excluding steroid dienone is 1. The number of aliphatic hydroxyl groups excluding tert-OH is 1. The van der Waals surface area contributed by atoms with Crippen LogP contribution >= 0.6 is 0 Å². The quantitative estimate of drug-likeness (QED) is 0.700. The number of aliphatic hydroxyl groups is 1. The Morgan fingerprint density at radius 3 is 2.73 bits per heavy atom. The van der Waals surface area contributed by atoms with E-state index >= 15 is 0 Å². The maximum absolute atomic E-state index is 12.9. The Balaban J connectivity index is 1.74. The highest BCUT2D eigenvalue weighted by atomic mass is 16.3. The van der Waals surface area contributed by atoms with Crippen molar-refractivity contribution in [1.29, 1.82) is 0 Å². The third-order valence-corrected chi connectivity index (χ3v) is 7.68. The number of carbonyl (C=O) groups excluding carboxylic acids is 2. The van der Waals surface area contributed by atoms with Crippen LogP contribution in [0, 0.1) is 34.5 Å². The van der Waals surface area contributed by atoms with Crippen LogP contribution in [0.15, 0.2) is 12.2 Å². The number of fused-ring (bicyclic) bond motifs is 5. The largest absolute Gasteiger partial charge is 0.389 e. The summed E-state index contributed by atoms with van der Waals surface area (Å²) in [7, 11) is 0. The molecule has 3 heteroatoms. The van der Waals surface area contributed by atoms with Gasteiger partial charge in [-0.2, -0.15) is 0 Å². The molecule has 1 N–H and O–H groups in total. The summed E-state index contributed by atoms with van der Waals surface area (Å²) in [6, 6.07) is 0. The van der Waals surface area contributed by atoms with Gasteiger partial charge >= 0.3 is 0 Å². The second-order valence-electron chi connectivity index (χ2n) is 8.55. The maximum Gasteiger partial charge on any atom is 0.139 e. The van der Waals surface area contributed by atoms with E-state index in [1.807, 2.05) is 6.08 Å². The number of hydrogen-bond donors (Lipinski definition) is 1. The fourth-order valence-corrected chi connectivity index (χ4v) is 6.25. The molecule has 7 atom stereocenters. The van der Waals surface area contributed by atoms with Crippen LogP contribution in [0.1, 0.15) is 52.4 Å². The van der Waals surface area contributed by atoms with Gasteiger partial charge in [0.15, 0.2) is 0 Å². The van der Waals surface area contributed by atoms with Crippen LogP contribution in [0.5, 0.6) is 0 Å². The predicted molar refractivity (Wildman–Crippen MR) is 83.0 cm³/mol. The van der Waals surface area contributed by atoms with Gasteiger partial charge in [-0.3, -0.25) is 9.59 Å². The Labute approximate surface area is 132 Å². The molecular formula is C19H26O3. The van der Waals surface area contributed by atoms with Crippen molar-refractivity contribution in [2.24, 2.45) is 34.5 Å². The van der Waals surface area contributed by atoms with Crippen LogP contribution < -0.4 is 0 Å². The highest BCUT2D eigenvalue weighted by Crippen LogP contribution is 2.63. The minimum absolute atomic E-state index is 0.0186. The molecule has 3 nitrogen and oxygen atoms in total. The van der Waals surface area contributed by atoms with E-state index in [-0.39, 0.29) is 28.6 Å². The molecule has 4 rings (SSSR count).